The minimum atomic E-state index is -0.708. The van der Waals surface area contributed by atoms with Gasteiger partial charge in [-0.2, -0.15) is 5.26 Å². The van der Waals surface area contributed by atoms with E-state index in [-0.39, 0.29) is 0 Å². The van der Waals surface area contributed by atoms with Gasteiger partial charge in [0.25, 0.3) is 0 Å². The molecule has 4 nitrogen and oxygen atoms in total. The number of rotatable bonds is 7. The number of nitriles is 1. The molecule has 0 saturated carbocycles. The van der Waals surface area contributed by atoms with Gasteiger partial charge in [0.15, 0.2) is 0 Å². The lowest BCUT2D eigenvalue weighted by Crippen LogP contribution is -2.38. The van der Waals surface area contributed by atoms with E-state index in [4.69, 9.17) is 15.7 Å². The summed E-state index contributed by atoms with van der Waals surface area (Å²) in [4.78, 5) is 2.12. The van der Waals surface area contributed by atoms with Gasteiger partial charge in [0.1, 0.15) is 5.54 Å². The fourth-order valence-corrected chi connectivity index (χ4v) is 0.956. The van der Waals surface area contributed by atoms with Crippen molar-refractivity contribution < 1.29 is 4.74 Å². The van der Waals surface area contributed by atoms with Crippen LogP contribution >= 0.6 is 0 Å². The second-order valence-corrected chi connectivity index (χ2v) is 3.78. The molecule has 0 aromatic carbocycles. The van der Waals surface area contributed by atoms with Crippen molar-refractivity contribution in [2.75, 3.05) is 33.4 Å². The molecule has 2 N–H and O–H groups in total. The summed E-state index contributed by atoms with van der Waals surface area (Å²) in [5.74, 6) is 0. The average Bonchev–Trinajstić information content (AvgIpc) is 2.16. The van der Waals surface area contributed by atoms with Crippen LogP contribution in [0.3, 0.4) is 0 Å². The molecule has 0 aromatic heterocycles. The molecule has 0 bridgehead atoms. The first-order valence-corrected chi connectivity index (χ1v) is 4.98. The number of nitrogens with two attached hydrogens (primary N) is 1. The first-order chi connectivity index (χ1) is 6.52. The van der Waals surface area contributed by atoms with Crippen LogP contribution in [0.25, 0.3) is 0 Å². The Morgan fingerprint density at radius 2 is 2.14 bits per heavy atom. The highest BCUT2D eigenvalue weighted by atomic mass is 16.5. The Bertz CT molecular complexity index is 186. The Morgan fingerprint density at radius 1 is 1.50 bits per heavy atom. The molecule has 0 rings (SSSR count). The fourth-order valence-electron chi connectivity index (χ4n) is 0.956. The number of ether oxygens (including phenoxy) is 1. The van der Waals surface area contributed by atoms with E-state index in [1.54, 1.807) is 6.92 Å². The van der Waals surface area contributed by atoms with Gasteiger partial charge in [0.05, 0.1) is 12.7 Å². The van der Waals surface area contributed by atoms with Crippen molar-refractivity contribution in [3.8, 4) is 6.07 Å². The molecular weight excluding hydrogens is 178 g/mol. The maximum Gasteiger partial charge on any atom is 0.102 e. The van der Waals surface area contributed by atoms with Crippen molar-refractivity contribution in [2.45, 2.75) is 25.8 Å². The zero-order valence-electron chi connectivity index (χ0n) is 9.42. The SMILES string of the molecule is CCOCCN(C)CCC(C)(N)C#N. The molecule has 82 valence electrons. The fraction of sp³-hybridized carbons (Fsp3) is 0.900. The molecular formula is C10H21N3O. The van der Waals surface area contributed by atoms with Gasteiger partial charge < -0.3 is 15.4 Å². The van der Waals surface area contributed by atoms with Gasteiger partial charge in [-0.15, -0.1) is 0 Å². The Labute approximate surface area is 86.6 Å². The minimum Gasteiger partial charge on any atom is -0.380 e. The standard InChI is InChI=1S/C10H21N3O/c1-4-14-8-7-13(3)6-5-10(2,12)9-11/h4-8,12H2,1-3H3. The van der Waals surface area contributed by atoms with Crippen LogP contribution in [0.2, 0.25) is 0 Å². The molecule has 0 aromatic rings. The van der Waals surface area contributed by atoms with Crippen LogP contribution in [-0.4, -0.2) is 43.8 Å². The van der Waals surface area contributed by atoms with Gasteiger partial charge in [-0.1, -0.05) is 0 Å². The summed E-state index contributed by atoms with van der Waals surface area (Å²) < 4.78 is 5.22. The monoisotopic (exact) mass is 199 g/mol. The summed E-state index contributed by atoms with van der Waals surface area (Å²) in [6, 6.07) is 2.08. The maximum atomic E-state index is 8.70. The largest absolute Gasteiger partial charge is 0.380 e. The molecule has 14 heavy (non-hydrogen) atoms. The number of hydrogen-bond donors (Lipinski definition) is 1. The molecule has 0 radical (unpaired) electrons. The summed E-state index contributed by atoms with van der Waals surface area (Å²) in [6.07, 6.45) is 0.687. The minimum absolute atomic E-state index is 0.687. The van der Waals surface area contributed by atoms with Gasteiger partial charge in [0.2, 0.25) is 0 Å². The van der Waals surface area contributed by atoms with E-state index >= 15 is 0 Å². The molecule has 0 saturated heterocycles. The molecule has 0 aliphatic heterocycles. The third-order valence-corrected chi connectivity index (χ3v) is 2.09. The van der Waals surface area contributed by atoms with Gasteiger partial charge in [-0.3, -0.25) is 0 Å². The molecule has 0 aliphatic carbocycles. The van der Waals surface area contributed by atoms with Crippen molar-refractivity contribution in [3.05, 3.63) is 0 Å². The number of nitrogens with zero attached hydrogens (tertiary/aromatic N) is 2. The van der Waals surface area contributed by atoms with Gasteiger partial charge in [-0.05, 0) is 27.3 Å². The van der Waals surface area contributed by atoms with E-state index in [1.807, 2.05) is 14.0 Å². The predicted octanol–water partition coefficient (Wildman–Crippen LogP) is 0.586. The van der Waals surface area contributed by atoms with Crippen LogP contribution in [0.15, 0.2) is 0 Å². The van der Waals surface area contributed by atoms with E-state index < -0.39 is 5.54 Å². The summed E-state index contributed by atoms with van der Waals surface area (Å²) in [5.41, 5.74) is 4.99. The highest BCUT2D eigenvalue weighted by Gasteiger charge is 2.17. The Morgan fingerprint density at radius 3 is 2.64 bits per heavy atom. The topological polar surface area (TPSA) is 62.3 Å². The van der Waals surface area contributed by atoms with Crippen molar-refractivity contribution in [1.29, 1.82) is 5.26 Å². The van der Waals surface area contributed by atoms with E-state index in [0.717, 1.165) is 26.3 Å². The van der Waals surface area contributed by atoms with Crippen LogP contribution in [0.1, 0.15) is 20.3 Å². The van der Waals surface area contributed by atoms with E-state index in [1.165, 1.54) is 0 Å². The van der Waals surface area contributed by atoms with Crippen LogP contribution in [0.4, 0.5) is 0 Å². The highest BCUT2D eigenvalue weighted by Crippen LogP contribution is 2.03. The summed E-state index contributed by atoms with van der Waals surface area (Å²) in [5, 5.41) is 8.70. The Kier molecular flexibility index (Phi) is 6.46. The van der Waals surface area contributed by atoms with Crippen LogP contribution in [0, 0.1) is 11.3 Å². The van der Waals surface area contributed by atoms with E-state index in [0.29, 0.717) is 6.42 Å². The van der Waals surface area contributed by atoms with Crippen LogP contribution in [0.5, 0.6) is 0 Å². The Hall–Kier alpha value is -0.630. The first-order valence-electron chi connectivity index (χ1n) is 4.98. The van der Waals surface area contributed by atoms with Crippen molar-refractivity contribution in [3.63, 3.8) is 0 Å². The molecule has 0 aliphatic rings. The zero-order chi connectivity index (χ0) is 11.0. The predicted molar refractivity (Wildman–Crippen MR) is 56.8 cm³/mol. The third kappa shape index (κ3) is 6.84. The Balaban J connectivity index is 3.54. The second kappa shape index (κ2) is 6.77. The maximum absolute atomic E-state index is 8.70. The molecule has 1 unspecified atom stereocenters. The van der Waals surface area contributed by atoms with Crippen molar-refractivity contribution in [2.24, 2.45) is 5.73 Å². The van der Waals surface area contributed by atoms with E-state index in [2.05, 4.69) is 11.0 Å². The summed E-state index contributed by atoms with van der Waals surface area (Å²) >= 11 is 0. The smallest absolute Gasteiger partial charge is 0.102 e. The molecule has 0 amide bonds. The van der Waals surface area contributed by atoms with Crippen molar-refractivity contribution in [1.82, 2.24) is 4.90 Å². The van der Waals surface area contributed by atoms with Gasteiger partial charge >= 0.3 is 0 Å². The van der Waals surface area contributed by atoms with Crippen LogP contribution in [-0.2, 0) is 4.74 Å². The normalized spacial score (nSPS) is 15.1. The molecule has 4 heteroatoms. The quantitative estimate of drug-likeness (QED) is 0.609. The average molecular weight is 199 g/mol. The van der Waals surface area contributed by atoms with Gasteiger partial charge in [-0.25, -0.2) is 0 Å². The van der Waals surface area contributed by atoms with Crippen molar-refractivity contribution >= 4 is 0 Å². The molecule has 0 spiro atoms. The summed E-state index contributed by atoms with van der Waals surface area (Å²) in [7, 11) is 2.01. The molecule has 0 heterocycles. The second-order valence-electron chi connectivity index (χ2n) is 3.78. The number of likely N-dealkylation sites (N-methyl/N-ethyl adjacent to an activating group) is 1. The third-order valence-electron chi connectivity index (χ3n) is 2.09. The number of hydrogen-bond acceptors (Lipinski definition) is 4. The lowest BCUT2D eigenvalue weighted by Gasteiger charge is -2.21. The van der Waals surface area contributed by atoms with Gasteiger partial charge in [0, 0.05) is 19.7 Å². The lowest BCUT2D eigenvalue weighted by atomic mass is 10.0. The molecule has 0 fully saturated rings. The zero-order valence-corrected chi connectivity index (χ0v) is 9.42. The lowest BCUT2D eigenvalue weighted by molar-refractivity contribution is 0.120. The first kappa shape index (κ1) is 13.4. The van der Waals surface area contributed by atoms with E-state index in [9.17, 15) is 0 Å². The van der Waals surface area contributed by atoms with Crippen LogP contribution < -0.4 is 5.73 Å². The molecule has 1 atom stereocenters. The summed E-state index contributed by atoms with van der Waals surface area (Å²) in [6.45, 7) is 6.93. The highest BCUT2D eigenvalue weighted by molar-refractivity contribution is 5.00.